The Hall–Kier alpha value is -1.88. The predicted molar refractivity (Wildman–Crippen MR) is 109 cm³/mol. The Labute approximate surface area is 171 Å². The molecule has 1 aromatic heterocycles. The van der Waals surface area contributed by atoms with Gasteiger partial charge in [-0.05, 0) is 36.6 Å². The smallest absolute Gasteiger partial charge is 0.254 e. The number of hydrogen-bond donors (Lipinski definition) is 1. The fraction of sp³-hybridized carbons (Fsp3) is 0.333. The number of fused-ring (bicyclic) bond motifs is 1. The number of carbonyl (C=O) groups is 2. The van der Waals surface area contributed by atoms with Gasteiger partial charge in [0.2, 0.25) is 5.91 Å². The lowest BCUT2D eigenvalue weighted by molar-refractivity contribution is -0.115. The van der Waals surface area contributed by atoms with E-state index in [0.29, 0.717) is 28.5 Å². The highest BCUT2D eigenvalue weighted by Gasteiger charge is 2.31. The molecular weight excluding hydrogens is 418 g/mol. The first-order valence-corrected chi connectivity index (χ1v) is 12.0. The molecule has 1 aromatic carbocycles. The third-order valence-electron chi connectivity index (χ3n) is 4.77. The van der Waals surface area contributed by atoms with Crippen LogP contribution in [0.1, 0.15) is 17.3 Å². The molecule has 2 amide bonds. The zero-order valence-electron chi connectivity index (χ0n) is 15.1. The van der Waals surface area contributed by atoms with E-state index in [9.17, 15) is 18.0 Å². The van der Waals surface area contributed by atoms with Gasteiger partial charge >= 0.3 is 0 Å². The molecule has 0 saturated carbocycles. The molecule has 2 aliphatic heterocycles. The number of carbonyl (C=O) groups excluding carboxylic acids is 2. The van der Waals surface area contributed by atoms with Crippen molar-refractivity contribution in [3.05, 3.63) is 41.3 Å². The van der Waals surface area contributed by atoms with Gasteiger partial charge in [0.1, 0.15) is 4.21 Å². The molecule has 0 radical (unpaired) electrons. The standard InChI is InChI=1S/C18H19N3O4S3/c1-12-17(22)19-14-11-13(4-5-15(14)27-12)18(23)20-6-8-21(9-7-20)28(24,25)16-3-2-10-26-16/h2-5,10-12H,6-9H2,1H3,(H,19,22)/t12-/m1/s1. The van der Waals surface area contributed by atoms with E-state index in [2.05, 4.69) is 5.32 Å². The number of benzene rings is 1. The molecule has 3 heterocycles. The van der Waals surface area contributed by atoms with Gasteiger partial charge < -0.3 is 10.2 Å². The Morgan fingerprint density at radius 2 is 1.93 bits per heavy atom. The molecule has 1 N–H and O–H groups in total. The van der Waals surface area contributed by atoms with Crippen molar-refractivity contribution < 1.29 is 18.0 Å². The number of amides is 2. The molecule has 1 fully saturated rings. The maximum Gasteiger partial charge on any atom is 0.254 e. The Balaban J connectivity index is 1.45. The van der Waals surface area contributed by atoms with Crippen LogP contribution >= 0.6 is 23.1 Å². The van der Waals surface area contributed by atoms with E-state index in [1.807, 2.05) is 13.0 Å². The van der Waals surface area contributed by atoms with Crippen LogP contribution in [0.15, 0.2) is 44.8 Å². The molecular formula is C18H19N3O4S3. The van der Waals surface area contributed by atoms with Gasteiger partial charge in [0.25, 0.3) is 15.9 Å². The van der Waals surface area contributed by atoms with Gasteiger partial charge in [0.15, 0.2) is 0 Å². The number of thioether (sulfide) groups is 1. The highest BCUT2D eigenvalue weighted by molar-refractivity contribution is 8.01. The zero-order valence-corrected chi connectivity index (χ0v) is 17.6. The third kappa shape index (κ3) is 3.57. The van der Waals surface area contributed by atoms with E-state index in [1.165, 1.54) is 27.4 Å². The van der Waals surface area contributed by atoms with Gasteiger partial charge in [-0.1, -0.05) is 6.07 Å². The zero-order chi connectivity index (χ0) is 19.9. The molecule has 0 bridgehead atoms. The number of rotatable bonds is 3. The van der Waals surface area contributed by atoms with E-state index < -0.39 is 10.0 Å². The molecule has 2 aromatic rings. The van der Waals surface area contributed by atoms with Gasteiger partial charge in [-0.2, -0.15) is 4.31 Å². The van der Waals surface area contributed by atoms with E-state index in [4.69, 9.17) is 0 Å². The van der Waals surface area contributed by atoms with E-state index >= 15 is 0 Å². The summed E-state index contributed by atoms with van der Waals surface area (Å²) in [5.74, 6) is -0.233. The van der Waals surface area contributed by atoms with Crippen molar-refractivity contribution in [1.82, 2.24) is 9.21 Å². The molecule has 1 saturated heterocycles. The van der Waals surface area contributed by atoms with Crippen molar-refractivity contribution in [3.8, 4) is 0 Å². The lowest BCUT2D eigenvalue weighted by Crippen LogP contribution is -2.50. The summed E-state index contributed by atoms with van der Waals surface area (Å²) in [6.07, 6.45) is 0. The lowest BCUT2D eigenvalue weighted by atomic mass is 10.1. The summed E-state index contributed by atoms with van der Waals surface area (Å²) in [5.41, 5.74) is 1.14. The third-order valence-corrected chi connectivity index (χ3v) is 9.22. The average molecular weight is 438 g/mol. The normalized spacial score (nSPS) is 20.5. The Bertz CT molecular complexity index is 1010. The fourth-order valence-electron chi connectivity index (χ4n) is 3.19. The number of nitrogens with zero attached hydrogens (tertiary/aromatic N) is 2. The van der Waals surface area contributed by atoms with Crippen molar-refractivity contribution in [2.75, 3.05) is 31.5 Å². The SMILES string of the molecule is C[C@H]1Sc2ccc(C(=O)N3CCN(S(=O)(=O)c4cccs4)CC3)cc2NC1=O. The molecule has 0 unspecified atom stereocenters. The van der Waals surface area contributed by atoms with Crippen LogP contribution in [0.2, 0.25) is 0 Å². The summed E-state index contributed by atoms with van der Waals surface area (Å²) in [6, 6.07) is 8.61. The molecule has 148 valence electrons. The van der Waals surface area contributed by atoms with Crippen molar-refractivity contribution in [3.63, 3.8) is 0 Å². The minimum absolute atomic E-state index is 0.0745. The highest BCUT2D eigenvalue weighted by Crippen LogP contribution is 2.36. The number of sulfonamides is 1. The molecule has 1 atom stereocenters. The Morgan fingerprint density at radius 1 is 1.18 bits per heavy atom. The molecule has 28 heavy (non-hydrogen) atoms. The van der Waals surface area contributed by atoms with Crippen LogP contribution in [0.3, 0.4) is 0 Å². The maximum absolute atomic E-state index is 12.9. The summed E-state index contributed by atoms with van der Waals surface area (Å²) in [4.78, 5) is 27.3. The van der Waals surface area contributed by atoms with Crippen molar-refractivity contribution in [1.29, 1.82) is 0 Å². The second kappa shape index (κ2) is 7.51. The Morgan fingerprint density at radius 3 is 2.61 bits per heavy atom. The second-order valence-corrected chi connectivity index (χ2v) is 11.1. The highest BCUT2D eigenvalue weighted by atomic mass is 32.2. The summed E-state index contributed by atoms with van der Waals surface area (Å²) < 4.78 is 27.0. The van der Waals surface area contributed by atoms with Crippen LogP contribution < -0.4 is 5.32 Å². The predicted octanol–water partition coefficient (Wildman–Crippen LogP) is 2.33. The van der Waals surface area contributed by atoms with Crippen molar-refractivity contribution in [2.24, 2.45) is 0 Å². The first-order chi connectivity index (χ1) is 13.4. The number of piperazine rings is 1. The summed E-state index contributed by atoms with van der Waals surface area (Å²) in [6.45, 7) is 3.03. The Kier molecular flexibility index (Phi) is 5.21. The monoisotopic (exact) mass is 437 g/mol. The minimum atomic E-state index is -3.49. The number of thiophene rings is 1. The van der Waals surface area contributed by atoms with E-state index in [0.717, 1.165) is 4.90 Å². The van der Waals surface area contributed by atoms with E-state index in [-0.39, 0.29) is 30.2 Å². The van der Waals surface area contributed by atoms with Crippen LogP contribution in [0.4, 0.5) is 5.69 Å². The first-order valence-electron chi connectivity index (χ1n) is 8.81. The summed E-state index contributed by atoms with van der Waals surface area (Å²) in [7, 11) is -3.49. The van der Waals surface area contributed by atoms with Crippen molar-refractivity contribution in [2.45, 2.75) is 21.3 Å². The van der Waals surface area contributed by atoms with Crippen LogP contribution in [-0.4, -0.2) is 60.9 Å². The number of hydrogen-bond acceptors (Lipinski definition) is 6. The van der Waals surface area contributed by atoms with Crippen LogP contribution in [-0.2, 0) is 14.8 Å². The van der Waals surface area contributed by atoms with Gasteiger partial charge in [0.05, 0.1) is 10.9 Å². The summed E-state index contributed by atoms with van der Waals surface area (Å²) in [5, 5.41) is 4.41. The minimum Gasteiger partial charge on any atom is -0.336 e. The number of anilines is 1. The fourth-order valence-corrected chi connectivity index (χ4v) is 6.69. The molecule has 0 aliphatic carbocycles. The van der Waals surface area contributed by atoms with Crippen LogP contribution in [0.5, 0.6) is 0 Å². The molecule has 7 nitrogen and oxygen atoms in total. The van der Waals surface area contributed by atoms with Crippen LogP contribution in [0, 0.1) is 0 Å². The van der Waals surface area contributed by atoms with Crippen LogP contribution in [0.25, 0.3) is 0 Å². The first kappa shape index (κ1) is 19.4. The number of nitrogens with one attached hydrogen (secondary N) is 1. The van der Waals surface area contributed by atoms with Gasteiger partial charge in [-0.15, -0.1) is 23.1 Å². The lowest BCUT2D eigenvalue weighted by Gasteiger charge is -2.34. The van der Waals surface area contributed by atoms with Crippen molar-refractivity contribution >= 4 is 50.6 Å². The van der Waals surface area contributed by atoms with Gasteiger partial charge in [-0.25, -0.2) is 8.42 Å². The molecule has 4 rings (SSSR count). The summed E-state index contributed by atoms with van der Waals surface area (Å²) >= 11 is 2.66. The quantitative estimate of drug-likeness (QED) is 0.796. The molecule has 0 spiro atoms. The average Bonchev–Trinajstić information content (AvgIpc) is 3.24. The molecule has 10 heteroatoms. The largest absolute Gasteiger partial charge is 0.336 e. The van der Waals surface area contributed by atoms with E-state index in [1.54, 1.807) is 34.5 Å². The van der Waals surface area contributed by atoms with Gasteiger partial charge in [0, 0.05) is 36.6 Å². The maximum atomic E-state index is 12.9. The second-order valence-electron chi connectivity index (χ2n) is 6.59. The topological polar surface area (TPSA) is 86.8 Å². The van der Waals surface area contributed by atoms with Gasteiger partial charge in [-0.3, -0.25) is 9.59 Å². The molecule has 2 aliphatic rings.